The fraction of sp³-hybridized carbons (Fsp3) is 0.0769. The molecule has 76 valence electrons. The molecule has 0 atom stereocenters. The molecule has 0 aliphatic heterocycles. The minimum absolute atomic E-state index is 0.189. The van der Waals surface area contributed by atoms with Crippen molar-refractivity contribution in [3.63, 3.8) is 0 Å². The van der Waals surface area contributed by atoms with Crippen molar-refractivity contribution in [1.29, 1.82) is 0 Å². The van der Waals surface area contributed by atoms with Gasteiger partial charge in [-0.15, -0.1) is 0 Å². The highest BCUT2D eigenvalue weighted by Gasteiger charge is 2.03. The number of rotatable bonds is 1. The van der Waals surface area contributed by atoms with Gasteiger partial charge < -0.3 is 0 Å². The third kappa shape index (κ3) is 2.37. The first kappa shape index (κ1) is 10.6. The van der Waals surface area contributed by atoms with Crippen LogP contribution >= 0.6 is 22.6 Å². The third-order valence-electron chi connectivity index (χ3n) is 2.34. The van der Waals surface area contributed by atoms with E-state index in [1.807, 2.05) is 13.0 Å². The van der Waals surface area contributed by atoms with E-state index in [4.69, 9.17) is 0 Å². The molecule has 0 spiro atoms. The number of hydrogen-bond donors (Lipinski definition) is 0. The van der Waals surface area contributed by atoms with Gasteiger partial charge in [0.05, 0.1) is 0 Å². The Kier molecular flexibility index (Phi) is 3.05. The fourth-order valence-electron chi connectivity index (χ4n) is 1.56. The van der Waals surface area contributed by atoms with Gasteiger partial charge >= 0.3 is 0 Å². The zero-order valence-corrected chi connectivity index (χ0v) is 10.5. The van der Waals surface area contributed by atoms with Gasteiger partial charge in [0.15, 0.2) is 0 Å². The molecule has 0 fully saturated rings. The highest BCUT2D eigenvalue weighted by atomic mass is 127. The van der Waals surface area contributed by atoms with Gasteiger partial charge in [0.25, 0.3) is 0 Å². The van der Waals surface area contributed by atoms with Gasteiger partial charge in [-0.1, -0.05) is 18.2 Å². The van der Waals surface area contributed by atoms with E-state index in [2.05, 4.69) is 40.8 Å². The normalized spacial score (nSPS) is 10.3. The Balaban J connectivity index is 2.58. The summed E-state index contributed by atoms with van der Waals surface area (Å²) in [7, 11) is 0. The molecule has 0 radical (unpaired) electrons. The maximum Gasteiger partial charge on any atom is 0.123 e. The van der Waals surface area contributed by atoms with Crippen LogP contribution in [0.15, 0.2) is 42.5 Å². The summed E-state index contributed by atoms with van der Waals surface area (Å²) in [6, 6.07) is 12.9. The standard InChI is InChI=1S/C13H10FI/c1-9-5-6-12(15)8-13(9)10-3-2-4-11(14)7-10/h2-8H,1H3. The van der Waals surface area contributed by atoms with Gasteiger partial charge in [-0.3, -0.25) is 0 Å². The highest BCUT2D eigenvalue weighted by Crippen LogP contribution is 2.25. The minimum Gasteiger partial charge on any atom is -0.207 e. The summed E-state index contributed by atoms with van der Waals surface area (Å²) in [5.74, 6) is -0.189. The van der Waals surface area contributed by atoms with E-state index in [0.717, 1.165) is 14.7 Å². The smallest absolute Gasteiger partial charge is 0.123 e. The van der Waals surface area contributed by atoms with Crippen LogP contribution in [0.25, 0.3) is 11.1 Å². The largest absolute Gasteiger partial charge is 0.207 e. The molecule has 2 aromatic carbocycles. The van der Waals surface area contributed by atoms with Crippen LogP contribution in [0.3, 0.4) is 0 Å². The summed E-state index contributed by atoms with van der Waals surface area (Å²) in [6.07, 6.45) is 0. The van der Waals surface area contributed by atoms with Crippen molar-refractivity contribution in [2.75, 3.05) is 0 Å². The molecule has 0 saturated carbocycles. The maximum absolute atomic E-state index is 13.1. The summed E-state index contributed by atoms with van der Waals surface area (Å²) >= 11 is 2.26. The molecule has 0 amide bonds. The summed E-state index contributed by atoms with van der Waals surface area (Å²) in [6.45, 7) is 2.04. The van der Waals surface area contributed by atoms with Crippen LogP contribution in [0.5, 0.6) is 0 Å². The molecule has 2 rings (SSSR count). The van der Waals surface area contributed by atoms with Crippen LogP contribution in [0, 0.1) is 16.3 Å². The number of halogens is 2. The lowest BCUT2D eigenvalue weighted by atomic mass is 10.0. The maximum atomic E-state index is 13.1. The molecule has 0 nitrogen and oxygen atoms in total. The van der Waals surface area contributed by atoms with E-state index >= 15 is 0 Å². The molecule has 15 heavy (non-hydrogen) atoms. The lowest BCUT2D eigenvalue weighted by Gasteiger charge is -2.06. The van der Waals surface area contributed by atoms with Crippen molar-refractivity contribution < 1.29 is 4.39 Å². The van der Waals surface area contributed by atoms with E-state index in [9.17, 15) is 4.39 Å². The van der Waals surface area contributed by atoms with Gasteiger partial charge in [0, 0.05) is 3.57 Å². The molecule has 0 heterocycles. The van der Waals surface area contributed by atoms with Gasteiger partial charge in [-0.05, 0) is 70.5 Å². The van der Waals surface area contributed by atoms with E-state index in [1.165, 1.54) is 11.6 Å². The quantitative estimate of drug-likeness (QED) is 0.685. The van der Waals surface area contributed by atoms with Crippen LogP contribution < -0.4 is 0 Å². The summed E-state index contributed by atoms with van der Waals surface area (Å²) in [4.78, 5) is 0. The van der Waals surface area contributed by atoms with Crippen LogP contribution in [0.4, 0.5) is 4.39 Å². The van der Waals surface area contributed by atoms with Crippen LogP contribution in [-0.4, -0.2) is 0 Å². The zero-order valence-electron chi connectivity index (χ0n) is 8.30. The molecule has 0 aliphatic carbocycles. The molecule has 0 bridgehead atoms. The van der Waals surface area contributed by atoms with Crippen LogP contribution in [0.1, 0.15) is 5.56 Å². The average molecular weight is 312 g/mol. The predicted molar refractivity (Wildman–Crippen MR) is 69.3 cm³/mol. The van der Waals surface area contributed by atoms with Gasteiger partial charge in [0.1, 0.15) is 5.82 Å². The first-order chi connectivity index (χ1) is 7.16. The Bertz CT molecular complexity index is 492. The lowest BCUT2D eigenvalue weighted by molar-refractivity contribution is 0.628. The Hall–Kier alpha value is -0.900. The van der Waals surface area contributed by atoms with Crippen molar-refractivity contribution in [2.45, 2.75) is 6.92 Å². The summed E-state index contributed by atoms with van der Waals surface area (Å²) < 4.78 is 14.2. The Morgan fingerprint density at radius 3 is 2.60 bits per heavy atom. The number of hydrogen-bond acceptors (Lipinski definition) is 0. The van der Waals surface area contributed by atoms with Crippen molar-refractivity contribution in [2.24, 2.45) is 0 Å². The molecule has 0 saturated heterocycles. The Morgan fingerprint density at radius 2 is 1.87 bits per heavy atom. The van der Waals surface area contributed by atoms with Crippen molar-refractivity contribution >= 4 is 22.6 Å². The van der Waals surface area contributed by atoms with E-state index in [1.54, 1.807) is 12.1 Å². The van der Waals surface area contributed by atoms with Gasteiger partial charge in [-0.2, -0.15) is 0 Å². The third-order valence-corrected chi connectivity index (χ3v) is 3.01. The molecular formula is C13H10FI. The lowest BCUT2D eigenvalue weighted by Crippen LogP contribution is -1.85. The van der Waals surface area contributed by atoms with Gasteiger partial charge in [-0.25, -0.2) is 4.39 Å². The number of benzene rings is 2. The predicted octanol–water partition coefficient (Wildman–Crippen LogP) is 4.41. The van der Waals surface area contributed by atoms with Crippen LogP contribution in [0.2, 0.25) is 0 Å². The number of aryl methyl sites for hydroxylation is 1. The second kappa shape index (κ2) is 4.31. The molecule has 0 aliphatic rings. The van der Waals surface area contributed by atoms with E-state index in [-0.39, 0.29) is 5.82 Å². The molecule has 2 aromatic rings. The van der Waals surface area contributed by atoms with Crippen molar-refractivity contribution in [3.8, 4) is 11.1 Å². The van der Waals surface area contributed by atoms with Crippen molar-refractivity contribution in [1.82, 2.24) is 0 Å². The summed E-state index contributed by atoms with van der Waals surface area (Å²) in [5, 5.41) is 0. The monoisotopic (exact) mass is 312 g/mol. The molecule has 0 N–H and O–H groups in total. The highest BCUT2D eigenvalue weighted by molar-refractivity contribution is 14.1. The first-order valence-corrected chi connectivity index (χ1v) is 5.77. The van der Waals surface area contributed by atoms with Crippen LogP contribution in [-0.2, 0) is 0 Å². The minimum atomic E-state index is -0.189. The second-order valence-corrected chi connectivity index (χ2v) is 4.72. The SMILES string of the molecule is Cc1ccc(I)cc1-c1cccc(F)c1. The summed E-state index contributed by atoms with van der Waals surface area (Å²) in [5.41, 5.74) is 3.20. The molecule has 0 aromatic heterocycles. The molecule has 2 heteroatoms. The first-order valence-electron chi connectivity index (χ1n) is 4.69. The second-order valence-electron chi connectivity index (χ2n) is 3.47. The Labute approximate surface area is 102 Å². The van der Waals surface area contributed by atoms with Gasteiger partial charge in [0.2, 0.25) is 0 Å². The van der Waals surface area contributed by atoms with E-state index < -0.39 is 0 Å². The van der Waals surface area contributed by atoms with E-state index in [0.29, 0.717) is 0 Å². The fourth-order valence-corrected chi connectivity index (χ4v) is 2.05. The average Bonchev–Trinajstić information content (AvgIpc) is 2.22. The zero-order chi connectivity index (χ0) is 10.8. The molecular weight excluding hydrogens is 302 g/mol. The van der Waals surface area contributed by atoms with Crippen molar-refractivity contribution in [3.05, 3.63) is 57.4 Å². The topological polar surface area (TPSA) is 0 Å². The Morgan fingerprint density at radius 1 is 1.07 bits per heavy atom. The molecule has 0 unspecified atom stereocenters.